The molecule has 0 spiro atoms. The maximum atomic E-state index is 12.4. The summed E-state index contributed by atoms with van der Waals surface area (Å²) in [4.78, 5) is 27.2. The Bertz CT molecular complexity index is 318. The average Bonchev–Trinajstić information content (AvgIpc) is 2.36. The molecule has 1 rings (SSSR count). The number of nitrogens with zero attached hydrogens (tertiary/aromatic N) is 2. The molecular formula is C13H24N2O3. The van der Waals surface area contributed by atoms with Gasteiger partial charge in [-0.05, 0) is 5.92 Å². The number of hydrogen-bond acceptors (Lipinski definition) is 3. The zero-order valence-electron chi connectivity index (χ0n) is 12.0. The fourth-order valence-electron chi connectivity index (χ4n) is 1.88. The van der Waals surface area contributed by atoms with Gasteiger partial charge in [-0.15, -0.1) is 0 Å². The van der Waals surface area contributed by atoms with E-state index in [-0.39, 0.29) is 17.4 Å². The summed E-state index contributed by atoms with van der Waals surface area (Å²) in [5.41, 5.74) is -0.354. The number of carbonyl (C=O) groups is 2. The van der Waals surface area contributed by atoms with Crippen LogP contribution in [0.4, 0.5) is 4.79 Å². The van der Waals surface area contributed by atoms with E-state index in [9.17, 15) is 9.59 Å². The Balaban J connectivity index is 2.58. The monoisotopic (exact) mass is 256 g/mol. The largest absolute Gasteiger partial charge is 0.453 e. The Labute approximate surface area is 109 Å². The highest BCUT2D eigenvalue weighted by atomic mass is 16.5. The topological polar surface area (TPSA) is 49.9 Å². The fourth-order valence-corrected chi connectivity index (χ4v) is 1.88. The van der Waals surface area contributed by atoms with Gasteiger partial charge in [-0.3, -0.25) is 4.79 Å². The van der Waals surface area contributed by atoms with Gasteiger partial charge in [0.2, 0.25) is 5.91 Å². The maximum Gasteiger partial charge on any atom is 0.409 e. The molecule has 5 heteroatoms. The molecule has 104 valence electrons. The van der Waals surface area contributed by atoms with Crippen LogP contribution in [0.1, 0.15) is 27.7 Å². The molecule has 0 bridgehead atoms. The standard InChI is InChI=1S/C13H24N2O3/c1-10(2)13(3,4)11(16)14-6-8-15(9-7-14)12(17)18-5/h10H,6-9H2,1-5H3. The number of carbonyl (C=O) groups excluding carboxylic acids is 2. The lowest BCUT2D eigenvalue weighted by molar-refractivity contribution is -0.144. The normalized spacial score (nSPS) is 17.0. The smallest absolute Gasteiger partial charge is 0.409 e. The van der Waals surface area contributed by atoms with Gasteiger partial charge in [-0.1, -0.05) is 27.7 Å². The molecule has 1 aliphatic heterocycles. The minimum Gasteiger partial charge on any atom is -0.453 e. The highest BCUT2D eigenvalue weighted by molar-refractivity contribution is 5.82. The molecule has 0 aromatic carbocycles. The fraction of sp³-hybridized carbons (Fsp3) is 0.846. The molecule has 1 fully saturated rings. The van der Waals surface area contributed by atoms with Crippen LogP contribution >= 0.6 is 0 Å². The zero-order chi connectivity index (χ0) is 13.9. The first kappa shape index (κ1) is 14.8. The third-order valence-corrected chi connectivity index (χ3v) is 3.99. The maximum absolute atomic E-state index is 12.4. The third kappa shape index (κ3) is 2.94. The average molecular weight is 256 g/mol. The van der Waals surface area contributed by atoms with Gasteiger partial charge in [-0.2, -0.15) is 0 Å². The highest BCUT2D eigenvalue weighted by Gasteiger charge is 2.36. The summed E-state index contributed by atoms with van der Waals surface area (Å²) in [5.74, 6) is 0.464. The predicted octanol–water partition coefficient (Wildman–Crippen LogP) is 1.58. The molecule has 2 amide bonds. The molecule has 0 N–H and O–H groups in total. The molecule has 5 nitrogen and oxygen atoms in total. The number of methoxy groups -OCH3 is 1. The van der Waals surface area contributed by atoms with E-state index in [1.807, 2.05) is 18.7 Å². The number of piperazine rings is 1. The van der Waals surface area contributed by atoms with E-state index in [4.69, 9.17) is 0 Å². The van der Waals surface area contributed by atoms with Crippen molar-refractivity contribution in [2.75, 3.05) is 33.3 Å². The first-order valence-electron chi connectivity index (χ1n) is 6.43. The molecule has 0 aliphatic carbocycles. The van der Waals surface area contributed by atoms with Crippen LogP contribution in [0.2, 0.25) is 0 Å². The van der Waals surface area contributed by atoms with Gasteiger partial charge < -0.3 is 14.5 Å². The van der Waals surface area contributed by atoms with E-state index in [1.165, 1.54) is 7.11 Å². The summed E-state index contributed by atoms with van der Waals surface area (Å²) in [6.45, 7) is 10.3. The number of hydrogen-bond donors (Lipinski definition) is 0. The summed E-state index contributed by atoms with van der Waals surface area (Å²) >= 11 is 0. The SMILES string of the molecule is COC(=O)N1CCN(C(=O)C(C)(C)C(C)C)CC1. The van der Waals surface area contributed by atoms with Crippen molar-refractivity contribution in [3.05, 3.63) is 0 Å². The summed E-state index contributed by atoms with van der Waals surface area (Å²) in [6, 6.07) is 0. The van der Waals surface area contributed by atoms with Crippen LogP contribution in [0.15, 0.2) is 0 Å². The summed E-state index contributed by atoms with van der Waals surface area (Å²) in [5, 5.41) is 0. The van der Waals surface area contributed by atoms with Crippen LogP contribution in [-0.2, 0) is 9.53 Å². The van der Waals surface area contributed by atoms with Crippen molar-refractivity contribution in [2.45, 2.75) is 27.7 Å². The van der Waals surface area contributed by atoms with E-state index >= 15 is 0 Å². The van der Waals surface area contributed by atoms with Crippen LogP contribution in [0, 0.1) is 11.3 Å². The van der Waals surface area contributed by atoms with E-state index in [0.29, 0.717) is 32.1 Å². The first-order chi connectivity index (χ1) is 8.30. The first-order valence-corrected chi connectivity index (χ1v) is 6.43. The highest BCUT2D eigenvalue weighted by Crippen LogP contribution is 2.29. The third-order valence-electron chi connectivity index (χ3n) is 3.99. The minimum absolute atomic E-state index is 0.169. The molecule has 0 radical (unpaired) electrons. The molecule has 1 aliphatic rings. The second kappa shape index (κ2) is 5.59. The van der Waals surface area contributed by atoms with Crippen LogP contribution in [0.5, 0.6) is 0 Å². The van der Waals surface area contributed by atoms with Crippen molar-refractivity contribution in [2.24, 2.45) is 11.3 Å². The molecular weight excluding hydrogens is 232 g/mol. The number of amides is 2. The van der Waals surface area contributed by atoms with Crippen LogP contribution in [0.3, 0.4) is 0 Å². The van der Waals surface area contributed by atoms with E-state index < -0.39 is 0 Å². The van der Waals surface area contributed by atoms with Crippen LogP contribution in [-0.4, -0.2) is 55.1 Å². The molecule has 1 saturated heterocycles. The van der Waals surface area contributed by atoms with Crippen LogP contribution < -0.4 is 0 Å². The van der Waals surface area contributed by atoms with Gasteiger partial charge in [0.15, 0.2) is 0 Å². The predicted molar refractivity (Wildman–Crippen MR) is 69.2 cm³/mol. The Morgan fingerprint density at radius 1 is 1.06 bits per heavy atom. The van der Waals surface area contributed by atoms with Crippen molar-refractivity contribution < 1.29 is 14.3 Å². The van der Waals surface area contributed by atoms with E-state index in [2.05, 4.69) is 18.6 Å². The lowest BCUT2D eigenvalue weighted by Gasteiger charge is -2.39. The minimum atomic E-state index is -0.354. The van der Waals surface area contributed by atoms with E-state index in [1.54, 1.807) is 4.90 Å². The van der Waals surface area contributed by atoms with Crippen LogP contribution in [0.25, 0.3) is 0 Å². The molecule has 0 aromatic rings. The second-order valence-electron chi connectivity index (χ2n) is 5.63. The number of ether oxygens (including phenoxy) is 1. The van der Waals surface area contributed by atoms with Crippen molar-refractivity contribution in [1.29, 1.82) is 0 Å². The van der Waals surface area contributed by atoms with E-state index in [0.717, 1.165) is 0 Å². The Kier molecular flexibility index (Phi) is 4.59. The second-order valence-corrected chi connectivity index (χ2v) is 5.63. The van der Waals surface area contributed by atoms with Crippen molar-refractivity contribution in [3.8, 4) is 0 Å². The van der Waals surface area contributed by atoms with Gasteiger partial charge in [0.05, 0.1) is 7.11 Å². The Hall–Kier alpha value is -1.26. The Morgan fingerprint density at radius 2 is 1.50 bits per heavy atom. The number of rotatable bonds is 2. The van der Waals surface area contributed by atoms with Gasteiger partial charge in [-0.25, -0.2) is 4.79 Å². The molecule has 0 atom stereocenters. The molecule has 18 heavy (non-hydrogen) atoms. The summed E-state index contributed by atoms with van der Waals surface area (Å²) < 4.78 is 4.67. The summed E-state index contributed by atoms with van der Waals surface area (Å²) in [6.07, 6.45) is -0.315. The van der Waals surface area contributed by atoms with Gasteiger partial charge in [0.25, 0.3) is 0 Å². The van der Waals surface area contributed by atoms with Gasteiger partial charge in [0, 0.05) is 31.6 Å². The molecule has 0 unspecified atom stereocenters. The molecule has 0 saturated carbocycles. The summed E-state index contributed by atoms with van der Waals surface area (Å²) in [7, 11) is 1.38. The van der Waals surface area contributed by atoms with Gasteiger partial charge >= 0.3 is 6.09 Å². The van der Waals surface area contributed by atoms with Crippen molar-refractivity contribution >= 4 is 12.0 Å². The quantitative estimate of drug-likeness (QED) is 0.753. The van der Waals surface area contributed by atoms with Crippen molar-refractivity contribution in [1.82, 2.24) is 9.80 Å². The molecule has 0 aromatic heterocycles. The van der Waals surface area contributed by atoms with Gasteiger partial charge in [0.1, 0.15) is 0 Å². The molecule has 1 heterocycles. The lowest BCUT2D eigenvalue weighted by Crippen LogP contribution is -2.54. The zero-order valence-corrected chi connectivity index (χ0v) is 12.0. The lowest BCUT2D eigenvalue weighted by atomic mass is 9.79. The Morgan fingerprint density at radius 3 is 1.89 bits per heavy atom. The van der Waals surface area contributed by atoms with Crippen molar-refractivity contribution in [3.63, 3.8) is 0 Å².